The summed E-state index contributed by atoms with van der Waals surface area (Å²) in [6.45, 7) is 1.32. The van der Waals surface area contributed by atoms with Crippen molar-refractivity contribution in [3.8, 4) is 0 Å². The van der Waals surface area contributed by atoms with Crippen LogP contribution in [0.2, 0.25) is 0 Å². The third-order valence-corrected chi connectivity index (χ3v) is 2.78. The van der Waals surface area contributed by atoms with Crippen molar-refractivity contribution in [2.45, 2.75) is 18.4 Å². The van der Waals surface area contributed by atoms with E-state index in [-0.39, 0.29) is 18.2 Å². The van der Waals surface area contributed by atoms with Crippen LogP contribution in [0.3, 0.4) is 0 Å². The van der Waals surface area contributed by atoms with Crippen molar-refractivity contribution >= 4 is 12.4 Å². The molecule has 0 saturated carbocycles. The molecule has 1 aromatic carbocycles. The van der Waals surface area contributed by atoms with Crippen LogP contribution in [0, 0.1) is 5.82 Å². The van der Waals surface area contributed by atoms with E-state index in [1.54, 1.807) is 6.07 Å². The maximum atomic E-state index is 13.0. The number of hydrogen-bond donors (Lipinski definition) is 1. The minimum atomic E-state index is -0.402. The minimum Gasteiger partial charge on any atom is -0.381 e. The Morgan fingerprint density at radius 3 is 2.53 bits per heavy atom. The molecule has 2 N–H and O–H groups in total. The average molecular weight is 232 g/mol. The first-order valence-electron chi connectivity index (χ1n) is 4.83. The zero-order chi connectivity index (χ0) is 10.0. The van der Waals surface area contributed by atoms with Gasteiger partial charge in [-0.15, -0.1) is 12.4 Å². The number of rotatable bonds is 1. The van der Waals surface area contributed by atoms with E-state index in [1.807, 2.05) is 6.07 Å². The number of benzene rings is 1. The normalized spacial score (nSPS) is 19.3. The Balaban J connectivity index is 0.00000112. The highest BCUT2D eigenvalue weighted by atomic mass is 35.5. The Hall–Kier alpha value is -0.640. The highest BCUT2D eigenvalue weighted by Gasteiger charge is 2.29. The second kappa shape index (κ2) is 4.92. The predicted molar refractivity (Wildman–Crippen MR) is 59.6 cm³/mol. The van der Waals surface area contributed by atoms with Crippen molar-refractivity contribution in [1.82, 2.24) is 0 Å². The zero-order valence-electron chi connectivity index (χ0n) is 8.41. The topological polar surface area (TPSA) is 35.2 Å². The van der Waals surface area contributed by atoms with Crippen molar-refractivity contribution in [3.63, 3.8) is 0 Å². The molecule has 0 amide bonds. The molecule has 1 aromatic rings. The summed E-state index contributed by atoms with van der Waals surface area (Å²) >= 11 is 0. The molecule has 0 unspecified atom stereocenters. The Morgan fingerprint density at radius 1 is 1.27 bits per heavy atom. The second-order valence-electron chi connectivity index (χ2n) is 3.78. The van der Waals surface area contributed by atoms with E-state index in [2.05, 4.69) is 0 Å². The summed E-state index contributed by atoms with van der Waals surface area (Å²) in [5.41, 5.74) is 6.68. The summed E-state index contributed by atoms with van der Waals surface area (Å²) < 4.78 is 18.2. The van der Waals surface area contributed by atoms with Crippen molar-refractivity contribution in [2.24, 2.45) is 5.73 Å². The Labute approximate surface area is 95.0 Å². The molecule has 1 heterocycles. The van der Waals surface area contributed by atoms with Gasteiger partial charge in [-0.05, 0) is 30.5 Å². The first kappa shape index (κ1) is 12.4. The summed E-state index contributed by atoms with van der Waals surface area (Å²) in [6, 6.07) is 6.54. The van der Waals surface area contributed by atoms with Crippen LogP contribution in [0.4, 0.5) is 4.39 Å². The van der Waals surface area contributed by atoms with Crippen molar-refractivity contribution in [2.75, 3.05) is 13.2 Å². The molecular weight excluding hydrogens is 217 g/mol. The van der Waals surface area contributed by atoms with Gasteiger partial charge in [0.15, 0.2) is 0 Å². The van der Waals surface area contributed by atoms with E-state index in [4.69, 9.17) is 10.5 Å². The van der Waals surface area contributed by atoms with Crippen molar-refractivity contribution in [1.29, 1.82) is 0 Å². The van der Waals surface area contributed by atoms with E-state index in [1.165, 1.54) is 12.1 Å². The van der Waals surface area contributed by atoms with Gasteiger partial charge in [-0.1, -0.05) is 12.1 Å². The lowest BCUT2D eigenvalue weighted by molar-refractivity contribution is 0.0521. The van der Waals surface area contributed by atoms with Crippen LogP contribution in [0.5, 0.6) is 0 Å². The molecule has 0 aliphatic carbocycles. The van der Waals surface area contributed by atoms with Gasteiger partial charge >= 0.3 is 0 Å². The molecule has 0 spiro atoms. The fourth-order valence-electron chi connectivity index (χ4n) is 1.82. The van der Waals surface area contributed by atoms with Crippen LogP contribution < -0.4 is 5.73 Å². The van der Waals surface area contributed by atoms with Gasteiger partial charge in [0.1, 0.15) is 5.82 Å². The highest BCUT2D eigenvalue weighted by Crippen LogP contribution is 2.29. The lowest BCUT2D eigenvalue weighted by Crippen LogP contribution is -2.42. The molecule has 0 bridgehead atoms. The first-order valence-corrected chi connectivity index (χ1v) is 4.83. The zero-order valence-corrected chi connectivity index (χ0v) is 9.23. The van der Waals surface area contributed by atoms with Gasteiger partial charge in [0.05, 0.1) is 0 Å². The summed E-state index contributed by atoms with van der Waals surface area (Å²) in [7, 11) is 0. The van der Waals surface area contributed by atoms with Crippen molar-refractivity contribution < 1.29 is 9.13 Å². The quantitative estimate of drug-likeness (QED) is 0.805. The Morgan fingerprint density at radius 2 is 1.93 bits per heavy atom. The van der Waals surface area contributed by atoms with Crippen LogP contribution in [-0.2, 0) is 10.3 Å². The van der Waals surface area contributed by atoms with Crippen LogP contribution in [0.15, 0.2) is 24.3 Å². The first-order chi connectivity index (χ1) is 6.71. The molecule has 0 atom stereocenters. The molecule has 0 radical (unpaired) electrons. The van der Waals surface area contributed by atoms with Gasteiger partial charge in [-0.3, -0.25) is 0 Å². The molecule has 1 saturated heterocycles. The molecule has 2 rings (SSSR count). The van der Waals surface area contributed by atoms with E-state index < -0.39 is 5.54 Å². The van der Waals surface area contributed by atoms with Crippen LogP contribution in [0.1, 0.15) is 18.4 Å². The van der Waals surface area contributed by atoms with E-state index in [0.717, 1.165) is 18.4 Å². The third-order valence-electron chi connectivity index (χ3n) is 2.78. The Kier molecular flexibility index (Phi) is 4.08. The third kappa shape index (κ3) is 2.68. The molecule has 1 aliphatic heterocycles. The molecule has 0 aromatic heterocycles. The number of halogens is 2. The van der Waals surface area contributed by atoms with Crippen LogP contribution in [0.25, 0.3) is 0 Å². The minimum absolute atomic E-state index is 0. The lowest BCUT2D eigenvalue weighted by atomic mass is 9.84. The number of nitrogens with two attached hydrogens (primary N) is 1. The molecular formula is C11H15ClFNO. The molecule has 84 valence electrons. The second-order valence-corrected chi connectivity index (χ2v) is 3.78. The highest BCUT2D eigenvalue weighted by molar-refractivity contribution is 5.85. The summed E-state index contributed by atoms with van der Waals surface area (Å²) in [4.78, 5) is 0. The average Bonchev–Trinajstić information content (AvgIpc) is 2.19. The molecule has 15 heavy (non-hydrogen) atoms. The largest absolute Gasteiger partial charge is 0.381 e. The van der Waals surface area contributed by atoms with Gasteiger partial charge in [0, 0.05) is 18.8 Å². The summed E-state index contributed by atoms with van der Waals surface area (Å²) in [5, 5.41) is 0. The molecule has 2 nitrogen and oxygen atoms in total. The smallest absolute Gasteiger partial charge is 0.123 e. The van der Waals surface area contributed by atoms with E-state index >= 15 is 0 Å². The van der Waals surface area contributed by atoms with E-state index in [0.29, 0.717) is 13.2 Å². The van der Waals surface area contributed by atoms with Crippen molar-refractivity contribution in [3.05, 3.63) is 35.6 Å². The lowest BCUT2D eigenvalue weighted by Gasteiger charge is -2.33. The Bertz CT molecular complexity index is 326. The van der Waals surface area contributed by atoms with Gasteiger partial charge in [-0.2, -0.15) is 0 Å². The molecule has 1 fully saturated rings. The van der Waals surface area contributed by atoms with Gasteiger partial charge in [0.25, 0.3) is 0 Å². The van der Waals surface area contributed by atoms with E-state index in [9.17, 15) is 4.39 Å². The SMILES string of the molecule is Cl.NC1(c2cccc(F)c2)CCOCC1. The number of hydrogen-bond acceptors (Lipinski definition) is 2. The standard InChI is InChI=1S/C11H14FNO.ClH/c12-10-3-1-2-9(8-10)11(13)4-6-14-7-5-11;/h1-3,8H,4-7,13H2;1H. The van der Waals surface area contributed by atoms with Gasteiger partial charge in [-0.25, -0.2) is 4.39 Å². The molecule has 4 heteroatoms. The summed E-state index contributed by atoms with van der Waals surface area (Å²) in [5.74, 6) is -0.223. The molecule has 1 aliphatic rings. The monoisotopic (exact) mass is 231 g/mol. The fraction of sp³-hybridized carbons (Fsp3) is 0.455. The summed E-state index contributed by atoms with van der Waals surface area (Å²) in [6.07, 6.45) is 1.52. The predicted octanol–water partition coefficient (Wildman–Crippen LogP) is 2.21. The van der Waals surface area contributed by atoms with Gasteiger partial charge in [0.2, 0.25) is 0 Å². The maximum absolute atomic E-state index is 13.0. The van der Waals surface area contributed by atoms with Crippen LogP contribution >= 0.6 is 12.4 Å². The van der Waals surface area contributed by atoms with Crippen LogP contribution in [-0.4, -0.2) is 13.2 Å². The number of ether oxygens (including phenoxy) is 1. The fourth-order valence-corrected chi connectivity index (χ4v) is 1.82. The maximum Gasteiger partial charge on any atom is 0.123 e. The van der Waals surface area contributed by atoms with Gasteiger partial charge < -0.3 is 10.5 Å².